The molecule has 2 aromatic rings. The van der Waals surface area contributed by atoms with Gasteiger partial charge in [0.2, 0.25) is 0 Å². The maximum atomic E-state index is 10.5. The average Bonchev–Trinajstić information content (AvgIpc) is 2.22. The van der Waals surface area contributed by atoms with Crippen molar-refractivity contribution in [2.24, 2.45) is 0 Å². The van der Waals surface area contributed by atoms with Gasteiger partial charge in [0.1, 0.15) is 0 Å². The van der Waals surface area contributed by atoms with E-state index in [0.717, 1.165) is 11.0 Å². The van der Waals surface area contributed by atoms with Crippen LogP contribution in [0.4, 0.5) is 0 Å². The van der Waals surface area contributed by atoms with Gasteiger partial charge in [0.25, 0.3) is 0 Å². The molecule has 0 saturated heterocycles. The van der Waals surface area contributed by atoms with Crippen molar-refractivity contribution < 1.29 is 0 Å². The minimum absolute atomic E-state index is 0.132. The molecule has 0 aliphatic carbocycles. The fraction of sp³-hybridized carbons (Fsp3) is 0. The molecule has 9 heavy (non-hydrogen) atoms. The van der Waals surface area contributed by atoms with Crippen molar-refractivity contribution in [2.75, 3.05) is 0 Å². The summed E-state index contributed by atoms with van der Waals surface area (Å²) in [7, 11) is 0. The van der Waals surface area contributed by atoms with Crippen LogP contribution < -0.4 is 5.69 Å². The van der Waals surface area contributed by atoms with Gasteiger partial charge in [-0.2, -0.15) is 0 Å². The van der Waals surface area contributed by atoms with Crippen LogP contribution in [0.15, 0.2) is 15.6 Å². The van der Waals surface area contributed by atoms with Crippen molar-refractivity contribution in [2.45, 2.75) is 0 Å². The van der Waals surface area contributed by atoms with Crippen molar-refractivity contribution in [1.29, 1.82) is 0 Å². The molecule has 0 fully saturated rings. The third-order valence-corrected chi connectivity index (χ3v) is 1.90. The lowest BCUT2D eigenvalue weighted by molar-refractivity contribution is 1.21. The molecular formula is C5H4N2OS. The zero-order valence-electron chi connectivity index (χ0n) is 4.47. The predicted octanol–water partition coefficient (Wildman–Crippen LogP) is 0.918. The number of H-pyrrole nitrogens is 2. The van der Waals surface area contributed by atoms with Gasteiger partial charge >= 0.3 is 5.69 Å². The van der Waals surface area contributed by atoms with E-state index in [1.165, 1.54) is 0 Å². The Hall–Kier alpha value is -1.03. The maximum Gasteiger partial charge on any atom is 0.323 e. The van der Waals surface area contributed by atoms with Crippen molar-refractivity contribution in [3.8, 4) is 0 Å². The lowest BCUT2D eigenvalue weighted by Crippen LogP contribution is -1.99. The van der Waals surface area contributed by atoms with Crippen molar-refractivity contribution in [3.63, 3.8) is 0 Å². The van der Waals surface area contributed by atoms with Gasteiger partial charge in [-0.05, 0) is 0 Å². The number of nitrogens with one attached hydrogen (secondary N) is 2. The van der Waals surface area contributed by atoms with Crippen LogP contribution in [0.3, 0.4) is 0 Å². The summed E-state index contributed by atoms with van der Waals surface area (Å²) in [6.07, 6.45) is 0. The molecular weight excluding hydrogens is 136 g/mol. The van der Waals surface area contributed by atoms with Crippen LogP contribution in [0.25, 0.3) is 11.0 Å². The number of aromatic nitrogens is 2. The van der Waals surface area contributed by atoms with E-state index in [4.69, 9.17) is 0 Å². The highest BCUT2D eigenvalue weighted by Crippen LogP contribution is 2.10. The smallest absolute Gasteiger partial charge is 0.305 e. The largest absolute Gasteiger partial charge is 0.323 e. The van der Waals surface area contributed by atoms with Gasteiger partial charge in [-0.25, -0.2) is 4.79 Å². The molecule has 2 aromatic heterocycles. The molecule has 0 radical (unpaired) electrons. The highest BCUT2D eigenvalue weighted by Gasteiger charge is 1.94. The Balaban J connectivity index is 3.08. The van der Waals surface area contributed by atoms with Crippen molar-refractivity contribution in [3.05, 3.63) is 21.2 Å². The van der Waals surface area contributed by atoms with Gasteiger partial charge in [-0.15, -0.1) is 11.3 Å². The second-order valence-corrected chi connectivity index (χ2v) is 2.52. The molecule has 0 unspecified atom stereocenters. The van der Waals surface area contributed by atoms with Crippen LogP contribution in [0.5, 0.6) is 0 Å². The van der Waals surface area contributed by atoms with E-state index in [0.29, 0.717) is 0 Å². The maximum absolute atomic E-state index is 10.5. The summed E-state index contributed by atoms with van der Waals surface area (Å²) < 4.78 is 0. The first-order valence-electron chi connectivity index (χ1n) is 2.50. The Morgan fingerprint density at radius 1 is 1.22 bits per heavy atom. The minimum Gasteiger partial charge on any atom is -0.305 e. The van der Waals surface area contributed by atoms with Crippen molar-refractivity contribution in [1.82, 2.24) is 9.97 Å². The molecule has 46 valence electrons. The molecule has 2 N–H and O–H groups in total. The summed E-state index contributed by atoms with van der Waals surface area (Å²) in [5.41, 5.74) is 1.66. The average molecular weight is 140 g/mol. The molecule has 3 nitrogen and oxygen atoms in total. The third kappa shape index (κ3) is 0.598. The summed E-state index contributed by atoms with van der Waals surface area (Å²) in [5.74, 6) is 0. The van der Waals surface area contributed by atoms with E-state index >= 15 is 0 Å². The number of rotatable bonds is 0. The monoisotopic (exact) mass is 140 g/mol. The minimum atomic E-state index is -0.132. The fourth-order valence-corrected chi connectivity index (χ4v) is 1.48. The molecule has 0 atom stereocenters. The molecule has 0 saturated carbocycles. The Labute approximate surface area is 54.3 Å². The van der Waals surface area contributed by atoms with E-state index < -0.39 is 0 Å². The van der Waals surface area contributed by atoms with Crippen LogP contribution in [-0.2, 0) is 0 Å². The van der Waals surface area contributed by atoms with Gasteiger partial charge in [-0.1, -0.05) is 0 Å². The lowest BCUT2D eigenvalue weighted by Gasteiger charge is -1.64. The molecule has 2 heterocycles. The molecule has 2 rings (SSSR count). The lowest BCUT2D eigenvalue weighted by atomic mass is 10.5. The van der Waals surface area contributed by atoms with Gasteiger partial charge in [0.05, 0.1) is 11.0 Å². The number of aromatic amines is 2. The van der Waals surface area contributed by atoms with E-state index in [-0.39, 0.29) is 5.69 Å². The summed E-state index contributed by atoms with van der Waals surface area (Å²) in [5, 5.41) is 3.79. The zero-order valence-corrected chi connectivity index (χ0v) is 5.29. The Kier molecular flexibility index (Phi) is 0.790. The van der Waals surface area contributed by atoms with Gasteiger partial charge in [0.15, 0.2) is 0 Å². The summed E-state index contributed by atoms with van der Waals surface area (Å²) >= 11 is 1.57. The number of hydrogen-bond acceptors (Lipinski definition) is 2. The number of fused-ring (bicyclic) bond motifs is 1. The molecule has 0 bridgehead atoms. The molecule has 0 aromatic carbocycles. The second-order valence-electron chi connectivity index (χ2n) is 1.78. The number of thiophene rings is 1. The number of imidazole rings is 1. The van der Waals surface area contributed by atoms with Gasteiger partial charge in [-0.3, -0.25) is 0 Å². The van der Waals surface area contributed by atoms with Gasteiger partial charge < -0.3 is 9.97 Å². The predicted molar refractivity (Wildman–Crippen MR) is 36.8 cm³/mol. The fourth-order valence-electron chi connectivity index (χ4n) is 0.767. The van der Waals surface area contributed by atoms with Crippen LogP contribution >= 0.6 is 11.3 Å². The Morgan fingerprint density at radius 3 is 2.33 bits per heavy atom. The Morgan fingerprint density at radius 2 is 1.78 bits per heavy atom. The summed E-state index contributed by atoms with van der Waals surface area (Å²) in [6.45, 7) is 0. The summed E-state index contributed by atoms with van der Waals surface area (Å²) in [6, 6.07) is 0. The molecule has 0 aliphatic heterocycles. The highest BCUT2D eigenvalue weighted by atomic mass is 32.1. The molecule has 0 spiro atoms. The van der Waals surface area contributed by atoms with E-state index in [9.17, 15) is 4.79 Å². The normalized spacial score (nSPS) is 10.7. The first-order valence-corrected chi connectivity index (χ1v) is 3.45. The van der Waals surface area contributed by atoms with Crippen LogP contribution in [-0.4, -0.2) is 9.97 Å². The zero-order chi connectivity index (χ0) is 6.27. The van der Waals surface area contributed by atoms with Crippen molar-refractivity contribution >= 4 is 22.4 Å². The summed E-state index contributed by atoms with van der Waals surface area (Å²) in [4.78, 5) is 15.8. The van der Waals surface area contributed by atoms with Crippen LogP contribution in [0.1, 0.15) is 0 Å². The first-order chi connectivity index (χ1) is 4.36. The molecule has 0 amide bonds. The highest BCUT2D eigenvalue weighted by molar-refractivity contribution is 7.09. The van der Waals surface area contributed by atoms with Crippen LogP contribution in [0.2, 0.25) is 0 Å². The quantitative estimate of drug-likeness (QED) is 0.561. The molecule has 4 heteroatoms. The third-order valence-electron chi connectivity index (χ3n) is 1.16. The first kappa shape index (κ1) is 4.81. The van der Waals surface area contributed by atoms with E-state index in [2.05, 4.69) is 9.97 Å². The van der Waals surface area contributed by atoms with Gasteiger partial charge in [0, 0.05) is 10.8 Å². The van der Waals surface area contributed by atoms with E-state index in [1.807, 2.05) is 10.8 Å². The Bertz CT molecular complexity index is 338. The standard InChI is InChI=1S/C5H4N2OS/c8-5-6-3-1-9-2-4(3)7-5/h1-2H,(H2,6,7,8). The second kappa shape index (κ2) is 1.48. The van der Waals surface area contributed by atoms with E-state index in [1.54, 1.807) is 11.3 Å². The number of hydrogen-bond donors (Lipinski definition) is 2. The molecule has 0 aliphatic rings. The topological polar surface area (TPSA) is 48.6 Å². The SMILES string of the molecule is O=c1[nH]c2cscc2[nH]1. The van der Waals surface area contributed by atoms with Crippen LogP contribution in [0, 0.1) is 0 Å².